The number of aromatic nitrogens is 2. The zero-order chi connectivity index (χ0) is 22.3. The highest BCUT2D eigenvalue weighted by atomic mass is 19.4. The number of benzene rings is 2. The lowest BCUT2D eigenvalue weighted by Crippen LogP contribution is -2.33. The lowest BCUT2D eigenvalue weighted by molar-refractivity contribution is -0.0962. The van der Waals surface area contributed by atoms with E-state index >= 15 is 0 Å². The SMILES string of the molecule is [C-]#[N+]C1=C(c2ccc(F)cc2)NC(C(F)(F)F)=C(C#N)C1c1ccc2n[nH]c(C)c2c1. The maximum Gasteiger partial charge on any atom is 0.432 e. The van der Waals surface area contributed by atoms with E-state index in [-0.39, 0.29) is 17.0 Å². The number of rotatable bonds is 2. The van der Waals surface area contributed by atoms with Gasteiger partial charge >= 0.3 is 6.18 Å². The molecule has 0 spiro atoms. The molecule has 0 fully saturated rings. The second-order valence-electron chi connectivity index (χ2n) is 6.96. The van der Waals surface area contributed by atoms with Gasteiger partial charge < -0.3 is 5.32 Å². The summed E-state index contributed by atoms with van der Waals surface area (Å²) in [6.07, 6.45) is -4.86. The van der Waals surface area contributed by atoms with Gasteiger partial charge in [0.05, 0.1) is 29.6 Å². The number of nitrogens with one attached hydrogen (secondary N) is 2. The second-order valence-corrected chi connectivity index (χ2v) is 6.96. The minimum atomic E-state index is -4.86. The molecule has 154 valence electrons. The summed E-state index contributed by atoms with van der Waals surface area (Å²) >= 11 is 0. The van der Waals surface area contributed by atoms with Crippen LogP contribution in [0.5, 0.6) is 0 Å². The van der Waals surface area contributed by atoms with Crippen molar-refractivity contribution >= 4 is 16.6 Å². The molecule has 31 heavy (non-hydrogen) atoms. The summed E-state index contributed by atoms with van der Waals surface area (Å²) in [4.78, 5) is 3.49. The second kappa shape index (κ2) is 7.29. The van der Waals surface area contributed by atoms with Gasteiger partial charge in [0, 0.05) is 16.8 Å². The summed E-state index contributed by atoms with van der Waals surface area (Å²) < 4.78 is 55.0. The Morgan fingerprint density at radius 3 is 2.48 bits per heavy atom. The fourth-order valence-corrected chi connectivity index (χ4v) is 3.64. The number of aryl methyl sites for hydroxylation is 1. The Morgan fingerprint density at radius 1 is 1.16 bits per heavy atom. The third-order valence-corrected chi connectivity index (χ3v) is 5.10. The van der Waals surface area contributed by atoms with Crippen LogP contribution >= 0.6 is 0 Å². The highest BCUT2D eigenvalue weighted by molar-refractivity contribution is 5.83. The van der Waals surface area contributed by atoms with Crippen LogP contribution in [0.4, 0.5) is 17.6 Å². The van der Waals surface area contributed by atoms with Crippen LogP contribution in [0.1, 0.15) is 22.7 Å². The molecule has 1 aliphatic rings. The van der Waals surface area contributed by atoms with E-state index in [9.17, 15) is 22.8 Å². The fraction of sp³-hybridized carbons (Fsp3) is 0.136. The number of dihydropyridines is 1. The maximum absolute atomic E-state index is 13.9. The van der Waals surface area contributed by atoms with Gasteiger partial charge in [-0.1, -0.05) is 18.2 Å². The molecule has 0 radical (unpaired) electrons. The molecule has 9 heteroatoms. The number of nitriles is 1. The van der Waals surface area contributed by atoms with Gasteiger partial charge in [-0.3, -0.25) is 5.10 Å². The minimum Gasteiger partial charge on any atom is -0.360 e. The van der Waals surface area contributed by atoms with Gasteiger partial charge in [0.15, 0.2) is 0 Å². The molecular formula is C22H13F4N5. The van der Waals surface area contributed by atoms with E-state index in [1.54, 1.807) is 31.2 Å². The molecule has 1 unspecified atom stereocenters. The van der Waals surface area contributed by atoms with Crippen LogP contribution in [0.3, 0.4) is 0 Å². The lowest BCUT2D eigenvalue weighted by Gasteiger charge is -2.30. The first-order valence-corrected chi connectivity index (χ1v) is 9.05. The molecule has 0 aliphatic carbocycles. The molecule has 0 amide bonds. The van der Waals surface area contributed by atoms with E-state index in [4.69, 9.17) is 6.57 Å². The molecule has 2 aromatic carbocycles. The van der Waals surface area contributed by atoms with Crippen LogP contribution in [0.2, 0.25) is 0 Å². The Balaban J connectivity index is 2.02. The van der Waals surface area contributed by atoms with Crippen molar-refractivity contribution in [2.75, 3.05) is 0 Å². The average molecular weight is 423 g/mol. The van der Waals surface area contributed by atoms with Crippen molar-refractivity contribution in [2.45, 2.75) is 19.0 Å². The van der Waals surface area contributed by atoms with Crippen molar-refractivity contribution in [2.24, 2.45) is 0 Å². The number of H-pyrrole nitrogens is 1. The van der Waals surface area contributed by atoms with Crippen LogP contribution in [0.25, 0.3) is 21.4 Å². The summed E-state index contributed by atoms with van der Waals surface area (Å²) in [5.41, 5.74) is -0.177. The van der Waals surface area contributed by atoms with Crippen LogP contribution in [-0.2, 0) is 0 Å². The van der Waals surface area contributed by atoms with Gasteiger partial charge in [0.1, 0.15) is 11.5 Å². The number of aromatic amines is 1. The van der Waals surface area contributed by atoms with Crippen LogP contribution in [0.15, 0.2) is 59.4 Å². The number of allylic oxidation sites excluding steroid dienone is 2. The first-order valence-electron chi connectivity index (χ1n) is 9.05. The molecule has 2 heterocycles. The van der Waals surface area contributed by atoms with Crippen molar-refractivity contribution in [3.63, 3.8) is 0 Å². The number of fused-ring (bicyclic) bond motifs is 1. The zero-order valence-electron chi connectivity index (χ0n) is 16.0. The number of hydrogen-bond donors (Lipinski definition) is 2. The topological polar surface area (TPSA) is 68.9 Å². The molecule has 2 N–H and O–H groups in total. The third kappa shape index (κ3) is 3.40. The van der Waals surface area contributed by atoms with Gasteiger partial charge in [-0.15, -0.1) is 0 Å². The number of nitrogens with zero attached hydrogens (tertiary/aromatic N) is 3. The Kier molecular flexibility index (Phi) is 4.75. The molecule has 1 aliphatic heterocycles. The zero-order valence-corrected chi connectivity index (χ0v) is 16.0. The molecule has 5 nitrogen and oxygen atoms in total. The first-order chi connectivity index (χ1) is 14.7. The molecule has 1 aromatic heterocycles. The van der Waals surface area contributed by atoms with Gasteiger partial charge in [-0.2, -0.15) is 23.5 Å². The Bertz CT molecular complexity index is 1330. The van der Waals surface area contributed by atoms with E-state index in [1.165, 1.54) is 12.1 Å². The summed E-state index contributed by atoms with van der Waals surface area (Å²) in [5.74, 6) is -1.81. The molecule has 4 rings (SSSR count). The molecule has 0 bridgehead atoms. The number of alkyl halides is 3. The minimum absolute atomic E-state index is 0.0864. The van der Waals surface area contributed by atoms with Crippen LogP contribution in [-0.4, -0.2) is 16.4 Å². The Hall–Kier alpha value is -4.11. The van der Waals surface area contributed by atoms with Crippen molar-refractivity contribution in [1.82, 2.24) is 15.5 Å². The van der Waals surface area contributed by atoms with Crippen molar-refractivity contribution in [3.8, 4) is 6.07 Å². The summed E-state index contributed by atoms with van der Waals surface area (Å²) in [6, 6.07) is 11.2. The van der Waals surface area contributed by atoms with Crippen molar-refractivity contribution in [1.29, 1.82) is 5.26 Å². The van der Waals surface area contributed by atoms with E-state index in [1.807, 2.05) is 0 Å². The lowest BCUT2D eigenvalue weighted by atomic mass is 9.82. The largest absolute Gasteiger partial charge is 0.432 e. The molecule has 0 saturated heterocycles. The Labute approximate surface area is 174 Å². The van der Waals surface area contributed by atoms with Gasteiger partial charge in [-0.05, 0) is 42.3 Å². The predicted octanol–water partition coefficient (Wildman–Crippen LogP) is 5.33. The van der Waals surface area contributed by atoms with Crippen molar-refractivity contribution < 1.29 is 17.6 Å². The quantitative estimate of drug-likeness (QED) is 0.433. The van der Waals surface area contributed by atoms with E-state index in [0.717, 1.165) is 12.1 Å². The van der Waals surface area contributed by atoms with E-state index < -0.39 is 29.2 Å². The summed E-state index contributed by atoms with van der Waals surface area (Å²) in [7, 11) is 0. The number of hydrogen-bond acceptors (Lipinski definition) is 3. The first kappa shape index (κ1) is 20.2. The van der Waals surface area contributed by atoms with Gasteiger partial charge in [-0.25, -0.2) is 9.24 Å². The van der Waals surface area contributed by atoms with Gasteiger partial charge in [0.25, 0.3) is 0 Å². The highest BCUT2D eigenvalue weighted by Gasteiger charge is 2.44. The fourth-order valence-electron chi connectivity index (χ4n) is 3.64. The normalized spacial score (nSPS) is 16.8. The van der Waals surface area contributed by atoms with E-state index in [0.29, 0.717) is 22.2 Å². The third-order valence-electron chi connectivity index (χ3n) is 5.10. The Morgan fingerprint density at radius 2 is 1.87 bits per heavy atom. The maximum atomic E-state index is 13.9. The molecular weight excluding hydrogens is 410 g/mol. The highest BCUT2D eigenvalue weighted by Crippen LogP contribution is 2.45. The standard InChI is InChI=1S/C22H13F4N5/c1-11-15-9-13(5-8-17(15)31-30-11)18-16(10-27)21(22(24,25)26)29-19(20(18)28-2)12-3-6-14(23)7-4-12/h3-9,18,29H,1H3,(H,30,31). The van der Waals surface area contributed by atoms with Crippen LogP contribution < -0.4 is 5.32 Å². The van der Waals surface area contributed by atoms with Crippen LogP contribution in [0, 0.1) is 30.6 Å². The van der Waals surface area contributed by atoms with Gasteiger partial charge in [0.2, 0.25) is 5.70 Å². The average Bonchev–Trinajstić information content (AvgIpc) is 3.12. The predicted molar refractivity (Wildman–Crippen MR) is 105 cm³/mol. The monoisotopic (exact) mass is 423 g/mol. The molecule has 0 saturated carbocycles. The number of halogens is 4. The summed E-state index contributed by atoms with van der Waals surface area (Å²) in [5, 5.41) is 19.5. The van der Waals surface area contributed by atoms with E-state index in [2.05, 4.69) is 20.4 Å². The van der Waals surface area contributed by atoms with Crippen molar-refractivity contribution in [3.05, 3.63) is 93.5 Å². The summed E-state index contributed by atoms with van der Waals surface area (Å²) in [6.45, 7) is 9.45. The smallest absolute Gasteiger partial charge is 0.360 e. The molecule has 3 aromatic rings. The molecule has 1 atom stereocenters.